The molecule has 1 unspecified atom stereocenters. The SMILES string of the molecule is Cc1cccc(C)c1OCC(O)CN1CCN(Cc2nc3ccccc3c(=O)[nH]2)CC1. The molecule has 0 saturated carbocycles. The summed E-state index contributed by atoms with van der Waals surface area (Å²) in [7, 11) is 0. The van der Waals surface area contributed by atoms with Gasteiger partial charge in [-0.25, -0.2) is 4.98 Å². The summed E-state index contributed by atoms with van der Waals surface area (Å²) in [5, 5.41) is 11.1. The molecule has 1 saturated heterocycles. The second-order valence-corrected chi connectivity index (χ2v) is 8.29. The topological polar surface area (TPSA) is 81.7 Å². The Morgan fingerprint density at radius 2 is 1.71 bits per heavy atom. The lowest BCUT2D eigenvalue weighted by Crippen LogP contribution is -2.49. The van der Waals surface area contributed by atoms with E-state index < -0.39 is 6.10 Å². The van der Waals surface area contributed by atoms with E-state index in [0.717, 1.165) is 48.6 Å². The zero-order valence-electron chi connectivity index (χ0n) is 18.2. The van der Waals surface area contributed by atoms with Crippen molar-refractivity contribution in [1.29, 1.82) is 0 Å². The maximum absolute atomic E-state index is 12.3. The fourth-order valence-electron chi connectivity index (χ4n) is 4.11. The zero-order chi connectivity index (χ0) is 21.8. The number of aromatic amines is 1. The number of aryl methyl sites for hydroxylation is 2. The molecule has 0 radical (unpaired) electrons. The van der Waals surface area contributed by atoms with Crippen LogP contribution in [0.25, 0.3) is 10.9 Å². The van der Waals surface area contributed by atoms with Gasteiger partial charge in [-0.15, -0.1) is 0 Å². The van der Waals surface area contributed by atoms with E-state index in [-0.39, 0.29) is 12.2 Å². The van der Waals surface area contributed by atoms with Gasteiger partial charge >= 0.3 is 0 Å². The Morgan fingerprint density at radius 1 is 1.03 bits per heavy atom. The number of aromatic nitrogens is 2. The summed E-state index contributed by atoms with van der Waals surface area (Å²) >= 11 is 0. The molecule has 7 heteroatoms. The van der Waals surface area contributed by atoms with Crippen molar-refractivity contribution < 1.29 is 9.84 Å². The third kappa shape index (κ3) is 5.31. The first-order valence-electron chi connectivity index (χ1n) is 10.8. The zero-order valence-corrected chi connectivity index (χ0v) is 18.2. The number of benzene rings is 2. The minimum atomic E-state index is -0.538. The Labute approximate surface area is 182 Å². The molecular formula is C24H30N4O3. The summed E-state index contributed by atoms with van der Waals surface area (Å²) in [6.07, 6.45) is -0.538. The van der Waals surface area contributed by atoms with Crippen LogP contribution in [0.3, 0.4) is 0 Å². The van der Waals surface area contributed by atoms with Gasteiger partial charge in [-0.3, -0.25) is 14.6 Å². The van der Waals surface area contributed by atoms with Crippen molar-refractivity contribution in [3.63, 3.8) is 0 Å². The van der Waals surface area contributed by atoms with Crippen LogP contribution in [0.2, 0.25) is 0 Å². The minimum Gasteiger partial charge on any atom is -0.490 e. The predicted octanol–water partition coefficient (Wildman–Crippen LogP) is 2.10. The number of fused-ring (bicyclic) bond motifs is 1. The van der Waals surface area contributed by atoms with Gasteiger partial charge in [0.2, 0.25) is 0 Å². The molecule has 1 aromatic heterocycles. The quantitative estimate of drug-likeness (QED) is 0.607. The lowest BCUT2D eigenvalue weighted by molar-refractivity contribution is 0.0438. The van der Waals surface area contributed by atoms with Crippen molar-refractivity contribution in [2.45, 2.75) is 26.5 Å². The second-order valence-electron chi connectivity index (χ2n) is 8.29. The van der Waals surface area contributed by atoms with Gasteiger partial charge in [0.1, 0.15) is 24.3 Å². The standard InChI is InChI=1S/C24H30N4O3/c1-17-6-5-7-18(2)23(17)31-16-19(29)14-27-10-12-28(13-11-27)15-22-25-21-9-4-3-8-20(21)24(30)26-22/h3-9,19,29H,10-16H2,1-2H3,(H,25,26,30). The Morgan fingerprint density at radius 3 is 2.45 bits per heavy atom. The van der Waals surface area contributed by atoms with Gasteiger partial charge < -0.3 is 14.8 Å². The van der Waals surface area contributed by atoms with Gasteiger partial charge in [0.15, 0.2) is 0 Å². The normalized spacial score (nSPS) is 16.5. The van der Waals surface area contributed by atoms with Crippen molar-refractivity contribution in [1.82, 2.24) is 19.8 Å². The molecule has 3 aromatic rings. The number of H-pyrrole nitrogens is 1. The Hall–Kier alpha value is -2.74. The highest BCUT2D eigenvalue weighted by Crippen LogP contribution is 2.22. The third-order valence-electron chi connectivity index (χ3n) is 5.80. The van der Waals surface area contributed by atoms with Gasteiger partial charge in [-0.1, -0.05) is 30.3 Å². The molecule has 164 valence electrons. The van der Waals surface area contributed by atoms with Crippen LogP contribution in [-0.2, 0) is 6.54 Å². The number of piperazine rings is 1. The molecule has 0 spiro atoms. The number of hydrogen-bond acceptors (Lipinski definition) is 6. The maximum Gasteiger partial charge on any atom is 0.258 e. The summed E-state index contributed by atoms with van der Waals surface area (Å²) in [6.45, 7) is 8.97. The summed E-state index contributed by atoms with van der Waals surface area (Å²) in [5.74, 6) is 1.56. The summed E-state index contributed by atoms with van der Waals surface area (Å²) in [5.41, 5.74) is 2.81. The van der Waals surface area contributed by atoms with Crippen molar-refractivity contribution in [2.24, 2.45) is 0 Å². The smallest absolute Gasteiger partial charge is 0.258 e. The number of nitrogens with zero attached hydrogens (tertiary/aromatic N) is 3. The number of β-amino-alcohol motifs (C(OH)–C–C–N with tert-alkyl or cyclic N) is 1. The molecule has 1 aliphatic heterocycles. The lowest BCUT2D eigenvalue weighted by atomic mass is 10.1. The number of aliphatic hydroxyl groups excluding tert-OH is 1. The molecule has 0 bridgehead atoms. The van der Waals surface area contributed by atoms with Crippen LogP contribution in [0.4, 0.5) is 0 Å². The molecule has 7 nitrogen and oxygen atoms in total. The van der Waals surface area contributed by atoms with Crippen molar-refractivity contribution in [3.8, 4) is 5.75 Å². The van der Waals surface area contributed by atoms with Crippen molar-refractivity contribution in [2.75, 3.05) is 39.3 Å². The number of aliphatic hydroxyl groups is 1. The number of nitrogens with one attached hydrogen (secondary N) is 1. The van der Waals surface area contributed by atoms with Crippen LogP contribution in [0, 0.1) is 13.8 Å². The van der Waals surface area contributed by atoms with Gasteiger partial charge in [-0.05, 0) is 37.1 Å². The van der Waals surface area contributed by atoms with Crippen LogP contribution < -0.4 is 10.3 Å². The van der Waals surface area contributed by atoms with Gasteiger partial charge in [0.05, 0.1) is 17.4 Å². The molecule has 31 heavy (non-hydrogen) atoms. The summed E-state index contributed by atoms with van der Waals surface area (Å²) in [6, 6.07) is 13.5. The molecule has 2 heterocycles. The fourth-order valence-corrected chi connectivity index (χ4v) is 4.11. The van der Waals surface area contributed by atoms with Crippen LogP contribution in [0.1, 0.15) is 17.0 Å². The Balaban J connectivity index is 1.26. The largest absolute Gasteiger partial charge is 0.490 e. The van der Waals surface area contributed by atoms with Crippen LogP contribution in [0.5, 0.6) is 5.75 Å². The van der Waals surface area contributed by atoms with E-state index in [1.165, 1.54) is 0 Å². The molecule has 0 aliphatic carbocycles. The van der Waals surface area contributed by atoms with Crippen LogP contribution in [0.15, 0.2) is 47.3 Å². The van der Waals surface area contributed by atoms with E-state index in [0.29, 0.717) is 24.3 Å². The van der Waals surface area contributed by atoms with Crippen LogP contribution in [-0.4, -0.2) is 70.3 Å². The highest BCUT2D eigenvalue weighted by molar-refractivity contribution is 5.77. The molecule has 1 atom stereocenters. The van der Waals surface area contributed by atoms with Gasteiger partial charge in [0, 0.05) is 32.7 Å². The average Bonchev–Trinajstić information content (AvgIpc) is 2.75. The van der Waals surface area contributed by atoms with Crippen LogP contribution >= 0.6 is 0 Å². The van der Waals surface area contributed by atoms with E-state index in [4.69, 9.17) is 4.74 Å². The fraction of sp³-hybridized carbons (Fsp3) is 0.417. The second kappa shape index (κ2) is 9.60. The van der Waals surface area contributed by atoms with Gasteiger partial charge in [0.25, 0.3) is 5.56 Å². The predicted molar refractivity (Wildman–Crippen MR) is 121 cm³/mol. The summed E-state index contributed by atoms with van der Waals surface area (Å²) in [4.78, 5) is 24.3. The number of rotatable bonds is 7. The molecule has 4 rings (SSSR count). The maximum atomic E-state index is 12.3. The molecule has 0 amide bonds. The van der Waals surface area contributed by atoms with E-state index in [1.807, 2.05) is 50.2 Å². The van der Waals surface area contributed by atoms with E-state index >= 15 is 0 Å². The average molecular weight is 423 g/mol. The van der Waals surface area contributed by atoms with Gasteiger partial charge in [-0.2, -0.15) is 0 Å². The van der Waals surface area contributed by atoms with Crippen molar-refractivity contribution in [3.05, 3.63) is 69.8 Å². The van der Waals surface area contributed by atoms with E-state index in [2.05, 4.69) is 19.8 Å². The molecule has 1 fully saturated rings. The molecule has 2 N–H and O–H groups in total. The monoisotopic (exact) mass is 422 g/mol. The first kappa shape index (κ1) is 21.5. The molecule has 2 aromatic carbocycles. The number of hydrogen-bond donors (Lipinski definition) is 2. The third-order valence-corrected chi connectivity index (χ3v) is 5.80. The first-order chi connectivity index (χ1) is 15.0. The first-order valence-corrected chi connectivity index (χ1v) is 10.8. The molecule has 1 aliphatic rings. The molecular weight excluding hydrogens is 392 g/mol. The highest BCUT2D eigenvalue weighted by atomic mass is 16.5. The lowest BCUT2D eigenvalue weighted by Gasteiger charge is -2.35. The highest BCUT2D eigenvalue weighted by Gasteiger charge is 2.20. The minimum absolute atomic E-state index is 0.0914. The van der Waals surface area contributed by atoms with E-state index in [1.54, 1.807) is 6.07 Å². The number of ether oxygens (including phenoxy) is 1. The Kier molecular flexibility index (Phi) is 6.65. The Bertz CT molecular complexity index is 1070. The number of para-hydroxylation sites is 2. The summed E-state index contributed by atoms with van der Waals surface area (Å²) < 4.78 is 5.89. The van der Waals surface area contributed by atoms with Crippen molar-refractivity contribution >= 4 is 10.9 Å². The van der Waals surface area contributed by atoms with E-state index in [9.17, 15) is 9.90 Å².